The number of amides is 1. The molecule has 0 saturated heterocycles. The van der Waals surface area contributed by atoms with Crippen molar-refractivity contribution in [2.45, 2.75) is 39.3 Å². The van der Waals surface area contributed by atoms with Gasteiger partial charge in [-0.05, 0) is 44.2 Å². The Bertz CT molecular complexity index is 1290. The molecule has 0 spiro atoms. The molecule has 2 aromatic carbocycles. The van der Waals surface area contributed by atoms with Crippen molar-refractivity contribution >= 4 is 28.9 Å². The van der Waals surface area contributed by atoms with Gasteiger partial charge in [-0.3, -0.25) is 4.79 Å². The van der Waals surface area contributed by atoms with Gasteiger partial charge in [-0.25, -0.2) is 9.07 Å². The van der Waals surface area contributed by atoms with Crippen molar-refractivity contribution in [2.24, 2.45) is 5.16 Å². The highest BCUT2D eigenvalue weighted by Gasteiger charge is 2.32. The van der Waals surface area contributed by atoms with Crippen LogP contribution in [0.15, 0.2) is 47.6 Å². The number of carbonyl (C=O) groups is 1. The number of aryl methyl sites for hydroxylation is 1. The van der Waals surface area contributed by atoms with Crippen LogP contribution in [0.4, 0.5) is 23.2 Å². The second-order valence-electron chi connectivity index (χ2n) is 7.77. The number of anilines is 1. The molecule has 3 aromatic rings. The number of hydrogen-bond donors (Lipinski definition) is 1. The van der Waals surface area contributed by atoms with Crippen LogP contribution >= 0.6 is 11.6 Å². The molecule has 2 heterocycles. The van der Waals surface area contributed by atoms with Crippen LogP contribution in [0.5, 0.6) is 5.75 Å². The smallest absolute Gasteiger partial charge is 0.416 e. The summed E-state index contributed by atoms with van der Waals surface area (Å²) in [6.45, 7) is 3.14. The summed E-state index contributed by atoms with van der Waals surface area (Å²) in [6, 6.07) is 8.70. The molecule has 184 valence electrons. The number of alkyl halides is 3. The van der Waals surface area contributed by atoms with Gasteiger partial charge in [-0.2, -0.15) is 18.3 Å². The zero-order valence-electron chi connectivity index (χ0n) is 18.5. The lowest BCUT2D eigenvalue weighted by Gasteiger charge is -2.12. The molecule has 0 fully saturated rings. The Hall–Kier alpha value is -3.60. The molecule has 1 amide bonds. The summed E-state index contributed by atoms with van der Waals surface area (Å²) in [7, 11) is 0. The summed E-state index contributed by atoms with van der Waals surface area (Å²) in [5, 5.41) is 11.0. The summed E-state index contributed by atoms with van der Waals surface area (Å²) in [5.41, 5.74) is 0.830. The summed E-state index contributed by atoms with van der Waals surface area (Å²) in [5.74, 6) is -1.08. The number of benzene rings is 2. The van der Waals surface area contributed by atoms with Gasteiger partial charge in [0.05, 0.1) is 38.9 Å². The molecule has 0 bridgehead atoms. The fraction of sp³-hybridized carbons (Fsp3) is 0.261. The Kier molecular flexibility index (Phi) is 6.70. The number of hydrogen-bond acceptors (Lipinski definition) is 5. The van der Waals surface area contributed by atoms with Crippen molar-refractivity contribution in [3.63, 3.8) is 0 Å². The van der Waals surface area contributed by atoms with Gasteiger partial charge in [-0.15, -0.1) is 0 Å². The number of nitrogens with zero attached hydrogens (tertiary/aromatic N) is 3. The standard InChI is InChI=1S/C23H19ClF4N4O3/c1-12-21(13(2)32(30-12)11-34-15-6-3-5-14(9-15)23(26,27)28)29-22(33)19-10-18(31-35-19)20-16(24)7-4-8-17(20)25/h3-9,19H,10-11H2,1-2H3,(H,29,33). The zero-order chi connectivity index (χ0) is 25.3. The van der Waals surface area contributed by atoms with E-state index in [-0.39, 0.29) is 35.2 Å². The van der Waals surface area contributed by atoms with E-state index in [0.717, 1.165) is 12.1 Å². The topological polar surface area (TPSA) is 77.7 Å². The van der Waals surface area contributed by atoms with Crippen molar-refractivity contribution in [1.82, 2.24) is 9.78 Å². The molecule has 0 radical (unpaired) electrons. The number of carbonyl (C=O) groups excluding carboxylic acids is 1. The van der Waals surface area contributed by atoms with E-state index in [1.54, 1.807) is 13.8 Å². The first-order chi connectivity index (χ1) is 16.5. The van der Waals surface area contributed by atoms with Gasteiger partial charge in [0.25, 0.3) is 5.91 Å². The van der Waals surface area contributed by atoms with E-state index in [9.17, 15) is 22.4 Å². The van der Waals surface area contributed by atoms with Crippen LogP contribution < -0.4 is 10.1 Å². The number of halogens is 5. The van der Waals surface area contributed by atoms with E-state index >= 15 is 0 Å². The monoisotopic (exact) mass is 510 g/mol. The quantitative estimate of drug-likeness (QED) is 0.445. The van der Waals surface area contributed by atoms with Crippen molar-refractivity contribution < 1.29 is 31.9 Å². The van der Waals surface area contributed by atoms with Gasteiger partial charge in [0.15, 0.2) is 6.73 Å². The Morgan fingerprint density at radius 3 is 2.71 bits per heavy atom. The van der Waals surface area contributed by atoms with Crippen LogP contribution in [-0.4, -0.2) is 27.5 Å². The van der Waals surface area contributed by atoms with Gasteiger partial charge in [0.2, 0.25) is 6.10 Å². The van der Waals surface area contributed by atoms with E-state index in [2.05, 4.69) is 15.6 Å². The van der Waals surface area contributed by atoms with Gasteiger partial charge in [0.1, 0.15) is 11.6 Å². The molecule has 4 rings (SSSR count). The highest BCUT2D eigenvalue weighted by Crippen LogP contribution is 2.32. The van der Waals surface area contributed by atoms with Gasteiger partial charge >= 0.3 is 6.18 Å². The lowest BCUT2D eigenvalue weighted by atomic mass is 10.0. The summed E-state index contributed by atoms with van der Waals surface area (Å²) in [6.07, 6.45) is -5.49. The van der Waals surface area contributed by atoms with E-state index < -0.39 is 29.6 Å². The van der Waals surface area contributed by atoms with Crippen LogP contribution in [0, 0.1) is 19.7 Å². The second kappa shape index (κ2) is 9.57. The van der Waals surface area contributed by atoms with Crippen LogP contribution in [0.25, 0.3) is 0 Å². The molecular weight excluding hydrogens is 492 g/mol. The maximum atomic E-state index is 14.2. The predicted molar refractivity (Wildman–Crippen MR) is 120 cm³/mol. The van der Waals surface area contributed by atoms with Gasteiger partial charge < -0.3 is 14.9 Å². The number of nitrogens with one attached hydrogen (secondary N) is 1. The molecule has 1 aromatic heterocycles. The second-order valence-corrected chi connectivity index (χ2v) is 8.17. The molecule has 35 heavy (non-hydrogen) atoms. The van der Waals surface area contributed by atoms with Crippen molar-refractivity contribution in [3.05, 3.63) is 75.8 Å². The molecule has 12 heteroatoms. The van der Waals surface area contributed by atoms with Crippen molar-refractivity contribution in [2.75, 3.05) is 5.32 Å². The summed E-state index contributed by atoms with van der Waals surface area (Å²) < 4.78 is 59.7. The van der Waals surface area contributed by atoms with Gasteiger partial charge in [-0.1, -0.05) is 28.9 Å². The van der Waals surface area contributed by atoms with Crippen LogP contribution in [0.1, 0.15) is 28.9 Å². The lowest BCUT2D eigenvalue weighted by molar-refractivity contribution is -0.137. The fourth-order valence-electron chi connectivity index (χ4n) is 3.54. The Labute approximate surface area is 202 Å². The summed E-state index contributed by atoms with van der Waals surface area (Å²) >= 11 is 6.06. The highest BCUT2D eigenvalue weighted by molar-refractivity contribution is 6.34. The zero-order valence-corrected chi connectivity index (χ0v) is 19.2. The number of rotatable bonds is 6. The molecule has 7 nitrogen and oxygen atoms in total. The average molecular weight is 511 g/mol. The minimum Gasteiger partial charge on any atom is -0.471 e. The lowest BCUT2D eigenvalue weighted by Crippen LogP contribution is -2.28. The third-order valence-corrected chi connectivity index (χ3v) is 5.67. The molecule has 1 aliphatic heterocycles. The van der Waals surface area contributed by atoms with Gasteiger partial charge in [0, 0.05) is 6.42 Å². The molecule has 0 aliphatic carbocycles. The van der Waals surface area contributed by atoms with E-state index in [1.807, 2.05) is 0 Å². The van der Waals surface area contributed by atoms with E-state index in [0.29, 0.717) is 17.1 Å². The SMILES string of the molecule is Cc1nn(COc2cccc(C(F)(F)F)c2)c(C)c1NC(=O)C1CC(c2c(F)cccc2Cl)=NO1. The average Bonchev–Trinajstić information content (AvgIpc) is 3.38. The largest absolute Gasteiger partial charge is 0.471 e. The number of aromatic nitrogens is 2. The molecule has 1 N–H and O–H groups in total. The minimum absolute atomic E-state index is 0.0113. The Morgan fingerprint density at radius 2 is 2.00 bits per heavy atom. The molecular formula is C23H19ClF4N4O3. The highest BCUT2D eigenvalue weighted by atomic mass is 35.5. The van der Waals surface area contributed by atoms with Crippen molar-refractivity contribution in [3.8, 4) is 5.75 Å². The Morgan fingerprint density at radius 1 is 1.26 bits per heavy atom. The van der Waals surface area contributed by atoms with E-state index in [1.165, 1.54) is 35.0 Å². The predicted octanol–water partition coefficient (Wildman–Crippen LogP) is 5.48. The first-order valence-electron chi connectivity index (χ1n) is 10.4. The maximum absolute atomic E-state index is 14.2. The summed E-state index contributed by atoms with van der Waals surface area (Å²) in [4.78, 5) is 18.0. The third-order valence-electron chi connectivity index (χ3n) is 5.36. The fourth-order valence-corrected chi connectivity index (χ4v) is 3.82. The number of oxime groups is 1. The van der Waals surface area contributed by atoms with Crippen LogP contribution in [-0.2, 0) is 22.5 Å². The molecule has 1 unspecified atom stereocenters. The molecule has 1 aliphatic rings. The molecule has 1 atom stereocenters. The first kappa shape index (κ1) is 24.5. The normalized spacial score (nSPS) is 15.5. The number of ether oxygens (including phenoxy) is 1. The Balaban J connectivity index is 1.41. The van der Waals surface area contributed by atoms with Crippen LogP contribution in [0.3, 0.4) is 0 Å². The van der Waals surface area contributed by atoms with Crippen LogP contribution in [0.2, 0.25) is 5.02 Å². The van der Waals surface area contributed by atoms with Crippen molar-refractivity contribution in [1.29, 1.82) is 0 Å². The third kappa shape index (κ3) is 5.24. The molecule has 0 saturated carbocycles. The van der Waals surface area contributed by atoms with E-state index in [4.69, 9.17) is 21.2 Å². The first-order valence-corrected chi connectivity index (χ1v) is 10.7. The minimum atomic E-state index is -4.49. The maximum Gasteiger partial charge on any atom is 0.416 e.